The van der Waals surface area contributed by atoms with Crippen LogP contribution in [0.25, 0.3) is 0 Å². The summed E-state index contributed by atoms with van der Waals surface area (Å²) in [5.74, 6) is -2.43. The number of ketones is 4. The minimum Gasteiger partial charge on any atom is -0.352 e. The molecule has 4 heterocycles. The number of Topliss-reactive ketones (excluding diaryl/α,β-unsaturated/α-hetero) is 2. The van der Waals surface area contributed by atoms with Crippen molar-refractivity contribution in [2.24, 2.45) is 0 Å². The van der Waals surface area contributed by atoms with Gasteiger partial charge in [0.05, 0.1) is 33.7 Å². The van der Waals surface area contributed by atoms with Gasteiger partial charge in [-0.2, -0.15) is 0 Å². The number of hydrogen-bond donors (Lipinski definition) is 0. The van der Waals surface area contributed by atoms with Crippen molar-refractivity contribution in [2.45, 2.75) is 38.0 Å². The summed E-state index contributed by atoms with van der Waals surface area (Å²) in [7, 11) is 1.89. The first-order chi connectivity index (χ1) is 24.0. The summed E-state index contributed by atoms with van der Waals surface area (Å²) in [6.07, 6.45) is 3.64. The van der Waals surface area contributed by atoms with E-state index in [4.69, 9.17) is 23.2 Å². The Hall–Kier alpha value is -4.14. The van der Waals surface area contributed by atoms with Gasteiger partial charge in [0.2, 0.25) is 23.1 Å². The number of likely N-dealkylation sites (tertiary alicyclic amines) is 2. The molecule has 2 aliphatic heterocycles. The maximum Gasteiger partial charge on any atom is 0.221 e. The predicted molar refractivity (Wildman–Crippen MR) is 184 cm³/mol. The fourth-order valence-electron chi connectivity index (χ4n) is 6.76. The van der Waals surface area contributed by atoms with Crippen LogP contribution in [0.5, 0.6) is 0 Å². The molecule has 9 nitrogen and oxygen atoms in total. The lowest BCUT2D eigenvalue weighted by atomic mass is 9.96. The number of fused-ring (bicyclic) bond motifs is 2. The highest BCUT2D eigenvalue weighted by molar-refractivity contribution is 7.14. The van der Waals surface area contributed by atoms with E-state index in [0.717, 1.165) is 22.7 Å². The van der Waals surface area contributed by atoms with Crippen LogP contribution in [-0.2, 0) is 12.8 Å². The van der Waals surface area contributed by atoms with E-state index in [2.05, 4.69) is 9.97 Å². The molecule has 2 atom stereocenters. The molecule has 0 N–H and O–H groups in total. The van der Waals surface area contributed by atoms with E-state index >= 15 is 0 Å². The van der Waals surface area contributed by atoms with Crippen LogP contribution in [0.15, 0.2) is 59.9 Å². The van der Waals surface area contributed by atoms with E-state index < -0.39 is 23.2 Å². The van der Waals surface area contributed by atoms with Crippen molar-refractivity contribution < 1.29 is 28.0 Å². The summed E-state index contributed by atoms with van der Waals surface area (Å²) in [6, 6.07) is 8.76. The first-order valence-electron chi connectivity index (χ1n) is 15.7. The molecule has 2 fully saturated rings. The zero-order valence-corrected chi connectivity index (χ0v) is 29.4. The van der Waals surface area contributed by atoms with E-state index in [0.29, 0.717) is 35.9 Å². The van der Waals surface area contributed by atoms with E-state index in [1.54, 1.807) is 12.1 Å². The Bertz CT molecular complexity index is 2040. The van der Waals surface area contributed by atoms with Crippen molar-refractivity contribution in [3.63, 3.8) is 0 Å². The summed E-state index contributed by atoms with van der Waals surface area (Å²) >= 11 is 14.5. The summed E-state index contributed by atoms with van der Waals surface area (Å²) in [6.45, 7) is 1.08. The molecule has 50 heavy (non-hydrogen) atoms. The normalized spacial score (nSPS) is 20.0. The summed E-state index contributed by atoms with van der Waals surface area (Å²) in [4.78, 5) is 68.8. The molecule has 0 radical (unpaired) electrons. The first kappa shape index (κ1) is 33.0. The topological polar surface area (TPSA) is 104 Å². The number of nitrogens with zero attached hydrogens (tertiary/aromatic N) is 5. The standard InChI is InChI=1S/C35H25Cl2F2N5O4S2/c1-42(28-8-10-43(28)22-14-24(45)30-34(32(22)47)49-26(40-30)12-16-18(36)4-2-6-20(16)38)29-9-11-44(29)23-15-25(46)31-35(33(23)48)50-27(41-31)13-17-19(37)5-3-7-21(17)39/h2-7,14-15,28-29H,8-13H2,1H3. The molecular weight excluding hydrogens is 727 g/mol. The second-order valence-electron chi connectivity index (χ2n) is 12.4. The molecule has 0 spiro atoms. The van der Waals surface area contributed by atoms with E-state index in [1.807, 2.05) is 21.7 Å². The number of carbonyl (C=O) groups excluding carboxylic acids is 4. The molecular formula is C35H25Cl2F2N5O4S2. The average Bonchev–Trinajstić information content (AvgIpc) is 3.67. The highest BCUT2D eigenvalue weighted by atomic mass is 35.5. The summed E-state index contributed by atoms with van der Waals surface area (Å²) < 4.78 is 28.9. The third kappa shape index (κ3) is 5.43. The Morgan fingerprint density at radius 2 is 1.16 bits per heavy atom. The molecule has 2 saturated heterocycles. The smallest absolute Gasteiger partial charge is 0.221 e. The number of halogens is 4. The van der Waals surface area contributed by atoms with Gasteiger partial charge < -0.3 is 9.80 Å². The van der Waals surface area contributed by atoms with Gasteiger partial charge in [-0.05, 0) is 44.2 Å². The fourth-order valence-corrected chi connectivity index (χ4v) is 9.28. The molecule has 2 aromatic carbocycles. The van der Waals surface area contributed by atoms with Gasteiger partial charge in [-0.1, -0.05) is 35.3 Å². The number of carbonyl (C=O) groups is 4. The lowest BCUT2D eigenvalue weighted by Gasteiger charge is -2.56. The minimum atomic E-state index is -0.490. The van der Waals surface area contributed by atoms with E-state index in [-0.39, 0.29) is 90.4 Å². The molecule has 254 valence electrons. The van der Waals surface area contributed by atoms with Crippen LogP contribution in [0.1, 0.15) is 74.3 Å². The number of hydrogen-bond acceptors (Lipinski definition) is 11. The van der Waals surface area contributed by atoms with E-state index in [9.17, 15) is 28.0 Å². The molecule has 4 aromatic rings. The van der Waals surface area contributed by atoms with Crippen molar-refractivity contribution >= 4 is 69.0 Å². The molecule has 2 aliphatic carbocycles. The zero-order valence-electron chi connectivity index (χ0n) is 26.2. The van der Waals surface area contributed by atoms with Crippen molar-refractivity contribution in [1.82, 2.24) is 24.7 Å². The van der Waals surface area contributed by atoms with Crippen molar-refractivity contribution in [3.05, 3.63) is 124 Å². The van der Waals surface area contributed by atoms with Gasteiger partial charge >= 0.3 is 0 Å². The number of aromatic nitrogens is 2. The van der Waals surface area contributed by atoms with Gasteiger partial charge in [0.1, 0.15) is 32.8 Å². The molecule has 0 amide bonds. The van der Waals surface area contributed by atoms with Gasteiger partial charge in [-0.3, -0.25) is 24.1 Å². The maximum atomic E-state index is 14.4. The van der Waals surface area contributed by atoms with Gasteiger partial charge in [0.15, 0.2) is 0 Å². The SMILES string of the molecule is CN(C1CCN1C1=CC(=O)c2nc(Cc3c(F)cccc3Cl)sc2C1=O)C1CCN1C1=CC(=O)c2nc(Cc3c(F)cccc3Cl)sc2C1=O. The molecule has 0 saturated carbocycles. The number of allylic oxidation sites excluding steroid dienone is 4. The molecule has 2 aromatic heterocycles. The Morgan fingerprint density at radius 3 is 1.52 bits per heavy atom. The maximum absolute atomic E-state index is 14.4. The van der Waals surface area contributed by atoms with Crippen molar-refractivity contribution in [1.29, 1.82) is 0 Å². The van der Waals surface area contributed by atoms with Gasteiger partial charge in [0.25, 0.3) is 0 Å². The van der Waals surface area contributed by atoms with Crippen LogP contribution in [0.2, 0.25) is 10.0 Å². The highest BCUT2D eigenvalue weighted by Gasteiger charge is 2.46. The highest BCUT2D eigenvalue weighted by Crippen LogP contribution is 2.39. The lowest BCUT2D eigenvalue weighted by molar-refractivity contribution is -0.0902. The van der Waals surface area contributed by atoms with E-state index in [1.165, 1.54) is 36.4 Å². The van der Waals surface area contributed by atoms with Crippen LogP contribution in [0.3, 0.4) is 0 Å². The predicted octanol–water partition coefficient (Wildman–Crippen LogP) is 6.59. The number of benzene rings is 2. The largest absolute Gasteiger partial charge is 0.352 e. The Balaban J connectivity index is 0.974. The third-order valence-corrected chi connectivity index (χ3v) is 12.4. The Kier molecular flexibility index (Phi) is 8.30. The second kappa shape index (κ2) is 12.6. The first-order valence-corrected chi connectivity index (χ1v) is 18.1. The minimum absolute atomic E-state index is 0.0486. The second-order valence-corrected chi connectivity index (χ2v) is 15.3. The van der Waals surface area contributed by atoms with Gasteiger partial charge in [-0.25, -0.2) is 18.7 Å². The van der Waals surface area contributed by atoms with Crippen LogP contribution in [-0.4, -0.2) is 80.3 Å². The Morgan fingerprint density at radius 1 is 0.740 bits per heavy atom. The molecule has 15 heteroatoms. The van der Waals surface area contributed by atoms with Crippen LogP contribution < -0.4 is 0 Å². The van der Waals surface area contributed by atoms with Crippen LogP contribution in [0.4, 0.5) is 8.78 Å². The third-order valence-electron chi connectivity index (χ3n) is 9.54. The molecule has 2 unspecified atom stereocenters. The van der Waals surface area contributed by atoms with Gasteiger partial charge in [0, 0.05) is 59.3 Å². The fraction of sp³-hybridized carbons (Fsp3) is 0.257. The molecule has 0 bridgehead atoms. The van der Waals surface area contributed by atoms with Crippen LogP contribution >= 0.6 is 45.9 Å². The van der Waals surface area contributed by atoms with Crippen molar-refractivity contribution in [2.75, 3.05) is 20.1 Å². The quantitative estimate of drug-likeness (QED) is 0.197. The average molecular weight is 753 g/mol. The van der Waals surface area contributed by atoms with Gasteiger partial charge in [-0.15, -0.1) is 22.7 Å². The van der Waals surface area contributed by atoms with Crippen molar-refractivity contribution in [3.8, 4) is 0 Å². The number of thiazole rings is 2. The summed E-state index contributed by atoms with van der Waals surface area (Å²) in [5, 5.41) is 1.30. The number of rotatable bonds is 8. The van der Waals surface area contributed by atoms with Crippen LogP contribution in [0, 0.1) is 11.6 Å². The summed E-state index contributed by atoms with van der Waals surface area (Å²) in [5.41, 5.74) is 1.12. The molecule has 8 rings (SSSR count). The molecule has 4 aliphatic rings. The lowest BCUT2D eigenvalue weighted by Crippen LogP contribution is -2.66. The Labute approximate surface area is 302 Å². The zero-order chi connectivity index (χ0) is 35.0. The monoisotopic (exact) mass is 751 g/mol.